The van der Waals surface area contributed by atoms with E-state index in [0.717, 1.165) is 17.6 Å². The molecule has 2 unspecified atom stereocenters. The van der Waals surface area contributed by atoms with Crippen molar-refractivity contribution in [1.29, 1.82) is 0 Å². The minimum atomic E-state index is 0.642. The van der Waals surface area contributed by atoms with Crippen LogP contribution in [0.15, 0.2) is 18.5 Å². The smallest absolute Gasteiger partial charge is 0.141 e. The molecule has 1 aliphatic rings. The number of aromatic nitrogens is 2. The average molecular weight is 223 g/mol. The Morgan fingerprint density at radius 1 is 1.40 bits per heavy atom. The molecule has 0 aromatic carbocycles. The molecule has 0 saturated heterocycles. The predicted octanol–water partition coefficient (Wildman–Crippen LogP) is 1.85. The van der Waals surface area contributed by atoms with Crippen molar-refractivity contribution in [3.05, 3.63) is 24.3 Å². The van der Waals surface area contributed by atoms with Crippen LogP contribution in [0.3, 0.4) is 0 Å². The first-order chi connectivity index (χ1) is 7.40. The number of hydrogen-bond acceptors (Lipinski definition) is 4. The van der Waals surface area contributed by atoms with Gasteiger partial charge in [0.05, 0.1) is 6.54 Å². The molecule has 0 aliphatic heterocycles. The van der Waals surface area contributed by atoms with Crippen molar-refractivity contribution in [3.63, 3.8) is 0 Å². The van der Waals surface area contributed by atoms with Crippen LogP contribution in [0, 0.1) is 0 Å². The van der Waals surface area contributed by atoms with Crippen LogP contribution >= 0.6 is 11.8 Å². The zero-order valence-corrected chi connectivity index (χ0v) is 9.83. The van der Waals surface area contributed by atoms with E-state index in [9.17, 15) is 0 Å². The molecule has 1 heterocycles. The van der Waals surface area contributed by atoms with Gasteiger partial charge in [-0.1, -0.05) is 6.42 Å². The van der Waals surface area contributed by atoms with Gasteiger partial charge in [-0.05, 0) is 25.2 Å². The van der Waals surface area contributed by atoms with E-state index >= 15 is 0 Å². The SMILES string of the molecule is CSC1CCCC1NCc1ncccn1. The van der Waals surface area contributed by atoms with Crippen LogP contribution in [0.2, 0.25) is 0 Å². The molecule has 1 aromatic rings. The summed E-state index contributed by atoms with van der Waals surface area (Å²) in [4.78, 5) is 8.42. The fraction of sp³-hybridized carbons (Fsp3) is 0.636. The van der Waals surface area contributed by atoms with E-state index in [-0.39, 0.29) is 0 Å². The summed E-state index contributed by atoms with van der Waals surface area (Å²) >= 11 is 1.97. The van der Waals surface area contributed by atoms with Gasteiger partial charge in [0, 0.05) is 23.7 Å². The molecule has 0 bridgehead atoms. The monoisotopic (exact) mass is 223 g/mol. The summed E-state index contributed by atoms with van der Waals surface area (Å²) < 4.78 is 0. The third-order valence-corrected chi connectivity index (χ3v) is 4.07. The first kappa shape index (κ1) is 10.9. The van der Waals surface area contributed by atoms with Crippen molar-refractivity contribution in [2.24, 2.45) is 0 Å². The normalized spacial score (nSPS) is 25.7. The lowest BCUT2D eigenvalue weighted by Crippen LogP contribution is -2.33. The third kappa shape index (κ3) is 2.92. The highest BCUT2D eigenvalue weighted by Gasteiger charge is 2.25. The predicted molar refractivity (Wildman–Crippen MR) is 63.8 cm³/mol. The number of hydrogen-bond donors (Lipinski definition) is 1. The molecule has 1 aliphatic carbocycles. The second-order valence-electron chi connectivity index (χ2n) is 3.86. The summed E-state index contributed by atoms with van der Waals surface area (Å²) in [5.74, 6) is 0.893. The van der Waals surface area contributed by atoms with Crippen molar-refractivity contribution < 1.29 is 0 Å². The molecule has 3 nitrogen and oxygen atoms in total. The van der Waals surface area contributed by atoms with Gasteiger partial charge in [-0.15, -0.1) is 0 Å². The third-order valence-electron chi connectivity index (χ3n) is 2.90. The first-order valence-corrected chi connectivity index (χ1v) is 6.71. The molecular weight excluding hydrogens is 206 g/mol. The van der Waals surface area contributed by atoms with Crippen LogP contribution in [0.1, 0.15) is 25.1 Å². The van der Waals surface area contributed by atoms with Gasteiger partial charge in [-0.2, -0.15) is 11.8 Å². The Morgan fingerprint density at radius 2 is 2.20 bits per heavy atom. The van der Waals surface area contributed by atoms with E-state index in [1.54, 1.807) is 12.4 Å². The van der Waals surface area contributed by atoms with E-state index in [1.807, 2.05) is 17.8 Å². The fourth-order valence-electron chi connectivity index (χ4n) is 2.09. The highest BCUT2D eigenvalue weighted by atomic mass is 32.2. The Bertz CT molecular complexity index is 291. The molecule has 1 N–H and O–H groups in total. The number of nitrogens with one attached hydrogen (secondary N) is 1. The van der Waals surface area contributed by atoms with Crippen molar-refractivity contribution in [2.75, 3.05) is 6.26 Å². The van der Waals surface area contributed by atoms with E-state index in [0.29, 0.717) is 6.04 Å². The minimum Gasteiger partial charge on any atom is -0.306 e. The summed E-state index contributed by atoms with van der Waals surface area (Å²) in [7, 11) is 0. The maximum absolute atomic E-state index is 4.21. The van der Waals surface area contributed by atoms with Gasteiger partial charge in [-0.3, -0.25) is 0 Å². The molecule has 4 heteroatoms. The maximum atomic E-state index is 4.21. The molecule has 1 aromatic heterocycles. The van der Waals surface area contributed by atoms with E-state index < -0.39 is 0 Å². The molecule has 2 atom stereocenters. The van der Waals surface area contributed by atoms with Gasteiger partial charge >= 0.3 is 0 Å². The highest BCUT2D eigenvalue weighted by Crippen LogP contribution is 2.28. The first-order valence-electron chi connectivity index (χ1n) is 5.42. The Morgan fingerprint density at radius 3 is 2.93 bits per heavy atom. The lowest BCUT2D eigenvalue weighted by Gasteiger charge is -2.18. The molecule has 1 saturated carbocycles. The topological polar surface area (TPSA) is 37.8 Å². The summed E-state index contributed by atoms with van der Waals surface area (Å²) in [6, 6.07) is 2.49. The Kier molecular flexibility index (Phi) is 3.97. The molecule has 0 spiro atoms. The second-order valence-corrected chi connectivity index (χ2v) is 4.93. The molecule has 15 heavy (non-hydrogen) atoms. The second kappa shape index (κ2) is 5.47. The van der Waals surface area contributed by atoms with Crippen LogP contribution in [-0.4, -0.2) is 27.5 Å². The Hall–Kier alpha value is -0.610. The lowest BCUT2D eigenvalue weighted by atomic mass is 10.2. The van der Waals surface area contributed by atoms with E-state index in [1.165, 1.54) is 19.3 Å². The summed E-state index contributed by atoms with van der Waals surface area (Å²) in [5.41, 5.74) is 0. The van der Waals surface area contributed by atoms with Gasteiger partial charge in [0.1, 0.15) is 5.82 Å². The van der Waals surface area contributed by atoms with Crippen LogP contribution in [-0.2, 0) is 6.54 Å². The molecule has 1 fully saturated rings. The highest BCUT2D eigenvalue weighted by molar-refractivity contribution is 7.99. The maximum Gasteiger partial charge on any atom is 0.141 e. The van der Waals surface area contributed by atoms with Crippen LogP contribution in [0.5, 0.6) is 0 Å². The van der Waals surface area contributed by atoms with Gasteiger partial charge in [0.15, 0.2) is 0 Å². The Balaban J connectivity index is 1.83. The molecule has 82 valence electrons. The van der Waals surface area contributed by atoms with Crippen molar-refractivity contribution in [3.8, 4) is 0 Å². The van der Waals surface area contributed by atoms with Gasteiger partial charge in [0.25, 0.3) is 0 Å². The quantitative estimate of drug-likeness (QED) is 0.845. The van der Waals surface area contributed by atoms with E-state index in [4.69, 9.17) is 0 Å². The molecule has 0 amide bonds. The largest absolute Gasteiger partial charge is 0.306 e. The number of thioether (sulfide) groups is 1. The summed E-state index contributed by atoms with van der Waals surface area (Å²) in [5, 5.41) is 4.33. The van der Waals surface area contributed by atoms with Crippen molar-refractivity contribution in [1.82, 2.24) is 15.3 Å². The minimum absolute atomic E-state index is 0.642. The van der Waals surface area contributed by atoms with Gasteiger partial charge < -0.3 is 5.32 Å². The van der Waals surface area contributed by atoms with Crippen LogP contribution in [0.25, 0.3) is 0 Å². The zero-order chi connectivity index (χ0) is 10.5. The van der Waals surface area contributed by atoms with Crippen LogP contribution < -0.4 is 5.32 Å². The van der Waals surface area contributed by atoms with E-state index in [2.05, 4.69) is 21.5 Å². The standard InChI is InChI=1S/C11H17N3S/c1-15-10-5-2-4-9(10)14-8-11-12-6-3-7-13-11/h3,6-7,9-10,14H,2,4-5,8H2,1H3. The van der Waals surface area contributed by atoms with Crippen molar-refractivity contribution in [2.45, 2.75) is 37.1 Å². The zero-order valence-electron chi connectivity index (χ0n) is 9.02. The molecular formula is C11H17N3S. The van der Waals surface area contributed by atoms with Crippen LogP contribution in [0.4, 0.5) is 0 Å². The summed E-state index contributed by atoms with van der Waals surface area (Å²) in [6.07, 6.45) is 9.77. The number of nitrogens with zero attached hydrogens (tertiary/aromatic N) is 2. The van der Waals surface area contributed by atoms with Gasteiger partial charge in [-0.25, -0.2) is 9.97 Å². The summed E-state index contributed by atoms with van der Waals surface area (Å²) in [6.45, 7) is 0.794. The number of rotatable bonds is 4. The van der Waals surface area contributed by atoms with Crippen molar-refractivity contribution >= 4 is 11.8 Å². The molecule has 2 rings (SSSR count). The lowest BCUT2D eigenvalue weighted by molar-refractivity contribution is 0.521. The molecule has 0 radical (unpaired) electrons. The van der Waals surface area contributed by atoms with Gasteiger partial charge in [0.2, 0.25) is 0 Å². The Labute approximate surface area is 95.1 Å². The fourth-order valence-corrected chi connectivity index (χ4v) is 3.05. The average Bonchev–Trinajstić information content (AvgIpc) is 2.75.